The molecule has 2 bridgehead atoms. The molecule has 126 valence electrons. The van der Waals surface area contributed by atoms with E-state index in [1.54, 1.807) is 23.5 Å². The maximum absolute atomic E-state index is 12.6. The second-order valence-electron chi connectivity index (χ2n) is 6.80. The highest BCUT2D eigenvalue weighted by Crippen LogP contribution is 2.52. The van der Waals surface area contributed by atoms with Crippen molar-refractivity contribution in [3.8, 4) is 0 Å². The number of fused-ring (bicyclic) bond motifs is 5. The summed E-state index contributed by atoms with van der Waals surface area (Å²) in [4.78, 5) is 40.7. The molecule has 2 aliphatic carbocycles. The molecule has 0 N–H and O–H groups in total. The molecule has 2 fully saturated rings. The number of nitrogens with zero attached hydrogens (tertiary/aromatic N) is 2. The number of furan rings is 1. The number of hydrogen-bond donors (Lipinski definition) is 0. The average molecular weight is 328 g/mol. The van der Waals surface area contributed by atoms with Crippen molar-refractivity contribution < 1.29 is 18.8 Å². The van der Waals surface area contributed by atoms with Crippen LogP contribution < -0.4 is 0 Å². The topological polar surface area (TPSA) is 70.8 Å². The SMILES string of the molecule is CCN(Cc1ccoc1)C(=O)CN1C(=O)[C@H]2[C@H](C1=O)[C@H]1C=C[C@H]2C1. The summed E-state index contributed by atoms with van der Waals surface area (Å²) in [6.45, 7) is 2.65. The molecule has 3 amide bonds. The molecule has 1 saturated heterocycles. The first kappa shape index (κ1) is 15.2. The standard InChI is InChI=1S/C18H20N2O4/c1-2-19(8-11-5-6-24-10-11)14(21)9-20-17(22)15-12-3-4-13(7-12)16(15)18(20)23/h3-6,10,12-13,15-16H,2,7-9H2,1H3/t12-,13-,15+,16+/m0/s1. The summed E-state index contributed by atoms with van der Waals surface area (Å²) in [5.74, 6) is -0.701. The number of imide groups is 1. The Morgan fingerprint density at radius 2 is 1.92 bits per heavy atom. The fraction of sp³-hybridized carbons (Fsp3) is 0.500. The molecule has 1 aliphatic heterocycles. The first-order valence-electron chi connectivity index (χ1n) is 8.42. The van der Waals surface area contributed by atoms with Gasteiger partial charge < -0.3 is 9.32 Å². The summed E-state index contributed by atoms with van der Waals surface area (Å²) in [6, 6.07) is 1.80. The lowest BCUT2D eigenvalue weighted by Crippen LogP contribution is -2.43. The lowest BCUT2D eigenvalue weighted by molar-refractivity contribution is -0.147. The number of rotatable bonds is 5. The van der Waals surface area contributed by atoms with E-state index in [4.69, 9.17) is 4.42 Å². The zero-order chi connectivity index (χ0) is 16.8. The van der Waals surface area contributed by atoms with Gasteiger partial charge in [0.25, 0.3) is 0 Å². The zero-order valence-electron chi connectivity index (χ0n) is 13.6. The number of carbonyl (C=O) groups excluding carboxylic acids is 3. The minimum atomic E-state index is -0.246. The van der Waals surface area contributed by atoms with Gasteiger partial charge >= 0.3 is 0 Å². The van der Waals surface area contributed by atoms with Crippen LogP contribution in [0.1, 0.15) is 18.9 Å². The summed E-state index contributed by atoms with van der Waals surface area (Å²) in [7, 11) is 0. The van der Waals surface area contributed by atoms with Crippen LogP contribution in [0.4, 0.5) is 0 Å². The van der Waals surface area contributed by atoms with Gasteiger partial charge in [-0.2, -0.15) is 0 Å². The van der Waals surface area contributed by atoms with Crippen molar-refractivity contribution >= 4 is 17.7 Å². The van der Waals surface area contributed by atoms with Crippen LogP contribution in [-0.4, -0.2) is 40.6 Å². The zero-order valence-corrected chi connectivity index (χ0v) is 13.6. The molecule has 0 unspecified atom stereocenters. The number of likely N-dealkylation sites (N-methyl/N-ethyl adjacent to an activating group) is 1. The van der Waals surface area contributed by atoms with E-state index in [1.807, 2.05) is 6.92 Å². The van der Waals surface area contributed by atoms with Crippen molar-refractivity contribution in [2.24, 2.45) is 23.7 Å². The molecule has 6 nitrogen and oxygen atoms in total. The Morgan fingerprint density at radius 1 is 1.25 bits per heavy atom. The van der Waals surface area contributed by atoms with Crippen LogP contribution in [0.15, 0.2) is 35.2 Å². The maximum atomic E-state index is 12.6. The highest BCUT2D eigenvalue weighted by Gasteiger charge is 2.59. The normalized spacial score (nSPS) is 30.3. The third-order valence-corrected chi connectivity index (χ3v) is 5.54. The highest BCUT2D eigenvalue weighted by molar-refractivity contribution is 6.08. The Kier molecular flexibility index (Phi) is 3.55. The van der Waals surface area contributed by atoms with Crippen LogP contribution in [-0.2, 0) is 20.9 Å². The quantitative estimate of drug-likeness (QED) is 0.606. The summed E-state index contributed by atoms with van der Waals surface area (Å²) in [6.07, 6.45) is 8.16. The van der Waals surface area contributed by atoms with Gasteiger partial charge in [-0.25, -0.2) is 0 Å². The van der Waals surface area contributed by atoms with Crippen molar-refractivity contribution in [3.05, 3.63) is 36.3 Å². The van der Waals surface area contributed by atoms with E-state index in [1.165, 1.54) is 4.90 Å². The molecule has 1 aromatic rings. The van der Waals surface area contributed by atoms with Crippen molar-refractivity contribution in [1.82, 2.24) is 9.80 Å². The first-order valence-corrected chi connectivity index (χ1v) is 8.42. The van der Waals surface area contributed by atoms with E-state index in [0.717, 1.165) is 12.0 Å². The van der Waals surface area contributed by atoms with E-state index in [-0.39, 0.29) is 47.9 Å². The van der Waals surface area contributed by atoms with Crippen molar-refractivity contribution in [2.75, 3.05) is 13.1 Å². The fourth-order valence-corrected chi connectivity index (χ4v) is 4.33. The highest BCUT2D eigenvalue weighted by atomic mass is 16.3. The maximum Gasteiger partial charge on any atom is 0.243 e. The van der Waals surface area contributed by atoms with Gasteiger partial charge in [-0.3, -0.25) is 19.3 Å². The molecule has 4 rings (SSSR count). The van der Waals surface area contributed by atoms with Crippen LogP contribution in [0.5, 0.6) is 0 Å². The van der Waals surface area contributed by atoms with E-state index in [0.29, 0.717) is 13.1 Å². The number of carbonyl (C=O) groups is 3. The van der Waals surface area contributed by atoms with Gasteiger partial charge in [0.05, 0.1) is 24.4 Å². The van der Waals surface area contributed by atoms with Crippen LogP contribution >= 0.6 is 0 Å². The number of hydrogen-bond acceptors (Lipinski definition) is 4. The largest absolute Gasteiger partial charge is 0.472 e. The van der Waals surface area contributed by atoms with E-state index >= 15 is 0 Å². The van der Waals surface area contributed by atoms with Gasteiger partial charge in [0.2, 0.25) is 17.7 Å². The Hall–Kier alpha value is -2.37. The van der Waals surface area contributed by atoms with Crippen molar-refractivity contribution in [2.45, 2.75) is 19.9 Å². The molecular weight excluding hydrogens is 308 g/mol. The second kappa shape index (κ2) is 5.61. The average Bonchev–Trinajstić information content (AvgIpc) is 3.34. The van der Waals surface area contributed by atoms with Gasteiger partial charge in [0, 0.05) is 18.7 Å². The number of allylic oxidation sites excluding steroid dienone is 2. The summed E-state index contributed by atoms with van der Waals surface area (Å²) < 4.78 is 5.02. The molecule has 1 saturated carbocycles. The summed E-state index contributed by atoms with van der Waals surface area (Å²) in [5.41, 5.74) is 0.892. The monoisotopic (exact) mass is 328 g/mol. The van der Waals surface area contributed by atoms with Crippen LogP contribution in [0.25, 0.3) is 0 Å². The lowest BCUT2D eigenvalue weighted by atomic mass is 9.85. The molecule has 24 heavy (non-hydrogen) atoms. The Morgan fingerprint density at radius 3 is 2.46 bits per heavy atom. The molecule has 0 aromatic carbocycles. The number of amides is 3. The third kappa shape index (κ3) is 2.20. The fourth-order valence-electron chi connectivity index (χ4n) is 4.33. The van der Waals surface area contributed by atoms with Crippen molar-refractivity contribution in [1.29, 1.82) is 0 Å². The van der Waals surface area contributed by atoms with E-state index < -0.39 is 0 Å². The minimum absolute atomic E-state index is 0.157. The van der Waals surface area contributed by atoms with Gasteiger partial charge in [-0.05, 0) is 31.2 Å². The Labute approximate surface area is 140 Å². The molecule has 3 aliphatic rings. The molecule has 1 aromatic heterocycles. The third-order valence-electron chi connectivity index (χ3n) is 5.54. The predicted octanol–water partition coefficient (Wildman–Crippen LogP) is 1.44. The van der Waals surface area contributed by atoms with Crippen LogP contribution in [0, 0.1) is 23.7 Å². The van der Waals surface area contributed by atoms with Gasteiger partial charge in [-0.1, -0.05) is 12.2 Å². The predicted molar refractivity (Wildman–Crippen MR) is 84.2 cm³/mol. The van der Waals surface area contributed by atoms with Gasteiger partial charge in [-0.15, -0.1) is 0 Å². The minimum Gasteiger partial charge on any atom is -0.472 e. The molecular formula is C18H20N2O4. The lowest BCUT2D eigenvalue weighted by Gasteiger charge is -2.24. The number of likely N-dealkylation sites (tertiary alicyclic amines) is 1. The van der Waals surface area contributed by atoms with E-state index in [9.17, 15) is 14.4 Å². The molecule has 0 radical (unpaired) electrons. The first-order chi connectivity index (χ1) is 11.6. The Bertz CT molecular complexity index is 679. The van der Waals surface area contributed by atoms with Crippen LogP contribution in [0.3, 0.4) is 0 Å². The molecule has 4 atom stereocenters. The molecule has 6 heteroatoms. The smallest absolute Gasteiger partial charge is 0.243 e. The second-order valence-corrected chi connectivity index (χ2v) is 6.80. The van der Waals surface area contributed by atoms with Crippen molar-refractivity contribution in [3.63, 3.8) is 0 Å². The van der Waals surface area contributed by atoms with Gasteiger partial charge in [0.15, 0.2) is 0 Å². The van der Waals surface area contributed by atoms with Crippen LogP contribution in [0.2, 0.25) is 0 Å². The summed E-state index contributed by atoms with van der Waals surface area (Å²) in [5, 5.41) is 0. The van der Waals surface area contributed by atoms with E-state index in [2.05, 4.69) is 12.2 Å². The molecule has 2 heterocycles. The Balaban J connectivity index is 1.46. The van der Waals surface area contributed by atoms with Gasteiger partial charge in [0.1, 0.15) is 6.54 Å². The molecule has 0 spiro atoms. The summed E-state index contributed by atoms with van der Waals surface area (Å²) >= 11 is 0.